The standard InChI is InChI=1S/C9H11N5O2S/c1-7-4-12-13(6-7)3-2-10-9-11-5-8(17-9)14(15)16/h4-6H,2-3H2,1H3,(H,10,11). The molecule has 0 spiro atoms. The quantitative estimate of drug-likeness (QED) is 0.647. The minimum absolute atomic E-state index is 0.0439. The van der Waals surface area contributed by atoms with Crippen LogP contribution in [0.2, 0.25) is 0 Å². The zero-order chi connectivity index (χ0) is 12.3. The topological polar surface area (TPSA) is 85.9 Å². The SMILES string of the molecule is Cc1cnn(CCNc2ncc([N+](=O)[O-])s2)c1. The Morgan fingerprint density at radius 3 is 3.00 bits per heavy atom. The third-order valence-electron chi connectivity index (χ3n) is 2.05. The van der Waals surface area contributed by atoms with Crippen LogP contribution in [-0.4, -0.2) is 26.2 Å². The molecule has 0 fully saturated rings. The Kier molecular flexibility index (Phi) is 3.33. The Hall–Kier alpha value is -1.96. The molecule has 0 saturated heterocycles. The van der Waals surface area contributed by atoms with Gasteiger partial charge in [0.25, 0.3) is 0 Å². The molecule has 0 aliphatic heterocycles. The van der Waals surface area contributed by atoms with Crippen LogP contribution in [0.3, 0.4) is 0 Å². The lowest BCUT2D eigenvalue weighted by Gasteiger charge is -2.01. The third kappa shape index (κ3) is 3.00. The van der Waals surface area contributed by atoms with Crippen molar-refractivity contribution >= 4 is 21.5 Å². The number of nitrogens with one attached hydrogen (secondary N) is 1. The molecule has 90 valence electrons. The van der Waals surface area contributed by atoms with E-state index >= 15 is 0 Å². The lowest BCUT2D eigenvalue weighted by Crippen LogP contribution is -2.10. The molecule has 1 N–H and O–H groups in total. The summed E-state index contributed by atoms with van der Waals surface area (Å²) in [5.41, 5.74) is 1.11. The summed E-state index contributed by atoms with van der Waals surface area (Å²) < 4.78 is 1.81. The molecule has 0 aliphatic rings. The first-order valence-electron chi connectivity index (χ1n) is 4.98. The van der Waals surface area contributed by atoms with Crippen LogP contribution in [0.25, 0.3) is 0 Å². The molecule has 0 bridgehead atoms. The van der Waals surface area contributed by atoms with Crippen LogP contribution in [0.5, 0.6) is 0 Å². The summed E-state index contributed by atoms with van der Waals surface area (Å²) in [7, 11) is 0. The fraction of sp³-hybridized carbons (Fsp3) is 0.333. The van der Waals surface area contributed by atoms with Gasteiger partial charge in [0.05, 0.1) is 17.7 Å². The zero-order valence-corrected chi connectivity index (χ0v) is 9.98. The average molecular weight is 253 g/mol. The number of thiazole rings is 1. The first-order chi connectivity index (χ1) is 8.15. The van der Waals surface area contributed by atoms with Gasteiger partial charge in [-0.1, -0.05) is 0 Å². The van der Waals surface area contributed by atoms with E-state index in [1.807, 2.05) is 17.8 Å². The lowest BCUT2D eigenvalue weighted by atomic mass is 10.4. The van der Waals surface area contributed by atoms with Crippen LogP contribution >= 0.6 is 11.3 Å². The smallest absolute Gasteiger partial charge is 0.345 e. The van der Waals surface area contributed by atoms with Gasteiger partial charge in [-0.2, -0.15) is 5.10 Å². The maximum Gasteiger partial charge on any atom is 0.345 e. The molecule has 2 rings (SSSR count). The molecule has 7 nitrogen and oxygen atoms in total. The van der Waals surface area contributed by atoms with E-state index in [4.69, 9.17) is 0 Å². The van der Waals surface area contributed by atoms with Gasteiger partial charge in [-0.05, 0) is 23.8 Å². The Bertz CT molecular complexity index is 521. The van der Waals surface area contributed by atoms with Gasteiger partial charge in [-0.25, -0.2) is 4.98 Å². The van der Waals surface area contributed by atoms with Gasteiger partial charge >= 0.3 is 5.00 Å². The predicted molar refractivity (Wildman–Crippen MR) is 64.2 cm³/mol. The molecule has 0 unspecified atom stereocenters. The maximum atomic E-state index is 10.4. The highest BCUT2D eigenvalue weighted by Gasteiger charge is 2.10. The van der Waals surface area contributed by atoms with Gasteiger partial charge in [0.15, 0.2) is 5.13 Å². The molecule has 2 heterocycles. The van der Waals surface area contributed by atoms with Crippen molar-refractivity contribution in [3.63, 3.8) is 0 Å². The second-order valence-electron chi connectivity index (χ2n) is 3.47. The van der Waals surface area contributed by atoms with Crippen molar-refractivity contribution in [2.45, 2.75) is 13.5 Å². The van der Waals surface area contributed by atoms with Gasteiger partial charge in [0, 0.05) is 12.7 Å². The van der Waals surface area contributed by atoms with Crippen molar-refractivity contribution < 1.29 is 4.92 Å². The van der Waals surface area contributed by atoms with Crippen molar-refractivity contribution in [2.75, 3.05) is 11.9 Å². The first-order valence-corrected chi connectivity index (χ1v) is 5.80. The second-order valence-corrected chi connectivity index (χ2v) is 4.48. The molecule has 2 aromatic heterocycles. The Labute approximate surface area is 101 Å². The molecule has 0 radical (unpaired) electrons. The number of aromatic nitrogens is 3. The second kappa shape index (κ2) is 4.91. The summed E-state index contributed by atoms with van der Waals surface area (Å²) in [4.78, 5) is 13.9. The molecule has 0 aromatic carbocycles. The van der Waals surface area contributed by atoms with E-state index in [1.165, 1.54) is 6.20 Å². The largest absolute Gasteiger partial charge is 0.359 e. The number of nitro groups is 1. The van der Waals surface area contributed by atoms with Gasteiger partial charge in [-0.15, -0.1) is 0 Å². The monoisotopic (exact) mass is 253 g/mol. The van der Waals surface area contributed by atoms with E-state index in [0.717, 1.165) is 16.9 Å². The molecule has 0 atom stereocenters. The van der Waals surface area contributed by atoms with Crippen molar-refractivity contribution in [3.8, 4) is 0 Å². The van der Waals surface area contributed by atoms with Crippen LogP contribution < -0.4 is 5.32 Å². The highest BCUT2D eigenvalue weighted by molar-refractivity contribution is 7.18. The highest BCUT2D eigenvalue weighted by atomic mass is 32.1. The highest BCUT2D eigenvalue weighted by Crippen LogP contribution is 2.24. The molecular formula is C9H11N5O2S. The van der Waals surface area contributed by atoms with Crippen LogP contribution in [-0.2, 0) is 6.54 Å². The fourth-order valence-corrected chi connectivity index (χ4v) is 1.96. The van der Waals surface area contributed by atoms with Gasteiger partial charge in [-0.3, -0.25) is 14.8 Å². The van der Waals surface area contributed by atoms with Crippen molar-refractivity contribution in [1.29, 1.82) is 0 Å². The first kappa shape index (κ1) is 11.5. The summed E-state index contributed by atoms with van der Waals surface area (Å²) in [5.74, 6) is 0. The lowest BCUT2D eigenvalue weighted by molar-refractivity contribution is -0.380. The number of hydrogen-bond donors (Lipinski definition) is 1. The Morgan fingerprint density at radius 2 is 2.41 bits per heavy atom. The summed E-state index contributed by atoms with van der Waals surface area (Å²) in [6.07, 6.45) is 4.98. The van der Waals surface area contributed by atoms with Crippen LogP contribution in [0, 0.1) is 17.0 Å². The molecule has 0 saturated carbocycles. The minimum atomic E-state index is -0.445. The van der Waals surface area contributed by atoms with E-state index in [1.54, 1.807) is 6.20 Å². The third-order valence-corrected chi connectivity index (χ3v) is 2.96. The summed E-state index contributed by atoms with van der Waals surface area (Å²) in [5, 5.41) is 18.2. The minimum Gasteiger partial charge on any atom is -0.359 e. The Morgan fingerprint density at radius 1 is 1.59 bits per heavy atom. The summed E-state index contributed by atoms with van der Waals surface area (Å²) in [6, 6.07) is 0. The van der Waals surface area contributed by atoms with Crippen LogP contribution in [0.15, 0.2) is 18.6 Å². The maximum absolute atomic E-state index is 10.4. The van der Waals surface area contributed by atoms with Crippen LogP contribution in [0.1, 0.15) is 5.56 Å². The van der Waals surface area contributed by atoms with E-state index in [-0.39, 0.29) is 5.00 Å². The average Bonchev–Trinajstić information content (AvgIpc) is 2.88. The van der Waals surface area contributed by atoms with E-state index in [9.17, 15) is 10.1 Å². The molecule has 17 heavy (non-hydrogen) atoms. The van der Waals surface area contributed by atoms with Gasteiger partial charge in [0.2, 0.25) is 0 Å². The zero-order valence-electron chi connectivity index (χ0n) is 9.16. The van der Waals surface area contributed by atoms with Crippen molar-refractivity contribution in [1.82, 2.24) is 14.8 Å². The number of hydrogen-bond acceptors (Lipinski definition) is 6. The molecular weight excluding hydrogens is 242 g/mol. The predicted octanol–water partition coefficient (Wildman–Crippen LogP) is 1.67. The molecule has 8 heteroatoms. The molecule has 0 aliphatic carbocycles. The van der Waals surface area contributed by atoms with Crippen LogP contribution in [0.4, 0.5) is 10.1 Å². The van der Waals surface area contributed by atoms with E-state index in [0.29, 0.717) is 18.2 Å². The van der Waals surface area contributed by atoms with Gasteiger partial charge < -0.3 is 5.32 Å². The molecule has 0 amide bonds. The number of aryl methyl sites for hydroxylation is 1. The normalized spacial score (nSPS) is 10.4. The fourth-order valence-electron chi connectivity index (χ4n) is 1.30. The summed E-state index contributed by atoms with van der Waals surface area (Å²) in [6.45, 7) is 3.30. The Balaban J connectivity index is 1.83. The summed E-state index contributed by atoms with van der Waals surface area (Å²) >= 11 is 1.03. The number of rotatable bonds is 5. The van der Waals surface area contributed by atoms with E-state index in [2.05, 4.69) is 15.4 Å². The number of nitrogens with zero attached hydrogens (tertiary/aromatic N) is 4. The van der Waals surface area contributed by atoms with Crippen molar-refractivity contribution in [3.05, 3.63) is 34.3 Å². The van der Waals surface area contributed by atoms with Crippen molar-refractivity contribution in [2.24, 2.45) is 0 Å². The van der Waals surface area contributed by atoms with Gasteiger partial charge in [0.1, 0.15) is 6.20 Å². The van der Waals surface area contributed by atoms with E-state index < -0.39 is 4.92 Å². The number of anilines is 1. The molecule has 2 aromatic rings.